The summed E-state index contributed by atoms with van der Waals surface area (Å²) in [7, 11) is 0. The molecule has 1 aromatic heterocycles. The molecule has 0 aliphatic carbocycles. The van der Waals surface area contributed by atoms with Crippen molar-refractivity contribution in [1.29, 1.82) is 0 Å². The van der Waals surface area contributed by atoms with Crippen LogP contribution in [0.2, 0.25) is 0 Å². The van der Waals surface area contributed by atoms with Crippen molar-refractivity contribution in [2.45, 2.75) is 23.5 Å². The number of nitro benzene ring substituents is 1. The molecule has 0 saturated heterocycles. The number of hydrogen-bond acceptors (Lipinski definition) is 8. The highest BCUT2D eigenvalue weighted by Crippen LogP contribution is 2.31. The summed E-state index contributed by atoms with van der Waals surface area (Å²) in [6.45, 7) is 1.90. The molecular formula is C39H31N5O5S2. The van der Waals surface area contributed by atoms with Crippen LogP contribution < -0.4 is 16.0 Å². The number of nitrogens with zero attached hydrogens (tertiary/aromatic N) is 2. The molecule has 0 spiro atoms. The Labute approximate surface area is 301 Å². The second-order valence-electron chi connectivity index (χ2n) is 11.3. The molecule has 10 nitrogen and oxygen atoms in total. The Morgan fingerprint density at radius 3 is 2.43 bits per heavy atom. The van der Waals surface area contributed by atoms with Crippen LogP contribution >= 0.6 is 23.1 Å². The van der Waals surface area contributed by atoms with E-state index in [1.54, 1.807) is 66.1 Å². The van der Waals surface area contributed by atoms with Crippen molar-refractivity contribution in [1.82, 2.24) is 10.3 Å². The maximum Gasteiger partial charge on any atom is 0.272 e. The maximum atomic E-state index is 13.8. The fourth-order valence-electron chi connectivity index (χ4n) is 5.23. The smallest absolute Gasteiger partial charge is 0.272 e. The van der Waals surface area contributed by atoms with E-state index in [0.717, 1.165) is 21.2 Å². The zero-order valence-electron chi connectivity index (χ0n) is 27.2. The molecule has 1 atom stereocenters. The summed E-state index contributed by atoms with van der Waals surface area (Å²) < 4.78 is 0. The van der Waals surface area contributed by atoms with E-state index in [2.05, 4.69) is 20.9 Å². The van der Waals surface area contributed by atoms with Crippen molar-refractivity contribution in [2.75, 3.05) is 10.6 Å². The molecule has 0 fully saturated rings. The van der Waals surface area contributed by atoms with E-state index in [1.165, 1.54) is 35.2 Å². The van der Waals surface area contributed by atoms with Crippen molar-refractivity contribution in [2.24, 2.45) is 0 Å². The van der Waals surface area contributed by atoms with E-state index in [1.807, 2.05) is 61.5 Å². The number of nitro groups is 1. The molecule has 0 aliphatic heterocycles. The summed E-state index contributed by atoms with van der Waals surface area (Å²) >= 11 is 2.57. The van der Waals surface area contributed by atoms with Crippen LogP contribution in [0.5, 0.6) is 0 Å². The van der Waals surface area contributed by atoms with Gasteiger partial charge in [0.2, 0.25) is 5.91 Å². The predicted molar refractivity (Wildman–Crippen MR) is 204 cm³/mol. The van der Waals surface area contributed by atoms with Gasteiger partial charge in [0.15, 0.2) is 5.13 Å². The number of amides is 3. The Kier molecular flexibility index (Phi) is 10.9. The molecule has 6 rings (SSSR count). The van der Waals surface area contributed by atoms with Crippen molar-refractivity contribution in [3.05, 3.63) is 154 Å². The van der Waals surface area contributed by atoms with Crippen LogP contribution in [0, 0.1) is 10.1 Å². The average molecular weight is 714 g/mol. The number of thioether (sulfide) groups is 1. The van der Waals surface area contributed by atoms with Gasteiger partial charge in [-0.05, 0) is 59.2 Å². The van der Waals surface area contributed by atoms with Gasteiger partial charge in [-0.3, -0.25) is 24.5 Å². The van der Waals surface area contributed by atoms with Crippen LogP contribution in [0.15, 0.2) is 137 Å². The lowest BCUT2D eigenvalue weighted by Gasteiger charge is -2.15. The molecule has 0 bridgehead atoms. The minimum atomic E-state index is -0.512. The third-order valence-electron chi connectivity index (χ3n) is 7.77. The van der Waals surface area contributed by atoms with Gasteiger partial charge in [-0.25, -0.2) is 4.98 Å². The molecule has 1 unspecified atom stereocenters. The van der Waals surface area contributed by atoms with Crippen LogP contribution in [0.1, 0.15) is 29.3 Å². The largest absolute Gasteiger partial charge is 0.321 e. The third-order valence-corrected chi connectivity index (χ3v) is 9.89. The van der Waals surface area contributed by atoms with Crippen molar-refractivity contribution < 1.29 is 19.3 Å². The number of carbonyl (C=O) groups excluding carboxylic acids is 3. The molecule has 1 heterocycles. The fourth-order valence-corrected chi connectivity index (χ4v) is 6.97. The van der Waals surface area contributed by atoms with Gasteiger partial charge in [-0.2, -0.15) is 0 Å². The maximum absolute atomic E-state index is 13.8. The lowest BCUT2D eigenvalue weighted by atomic mass is 10.0. The van der Waals surface area contributed by atoms with Crippen LogP contribution in [-0.2, 0) is 9.59 Å². The number of anilines is 2. The quantitative estimate of drug-likeness (QED) is 0.0498. The molecule has 3 amide bonds. The van der Waals surface area contributed by atoms with Gasteiger partial charge < -0.3 is 16.0 Å². The van der Waals surface area contributed by atoms with E-state index >= 15 is 0 Å². The van der Waals surface area contributed by atoms with Crippen LogP contribution in [-0.4, -0.2) is 32.9 Å². The number of nitrogens with one attached hydrogen (secondary N) is 3. The van der Waals surface area contributed by atoms with Crippen LogP contribution in [0.4, 0.5) is 16.5 Å². The monoisotopic (exact) mass is 713 g/mol. The lowest BCUT2D eigenvalue weighted by molar-refractivity contribution is -0.384. The summed E-state index contributed by atoms with van der Waals surface area (Å²) in [5.41, 5.74) is 2.80. The number of aromatic nitrogens is 1. The number of rotatable bonds is 12. The Morgan fingerprint density at radius 2 is 1.63 bits per heavy atom. The first-order valence-electron chi connectivity index (χ1n) is 15.9. The molecule has 3 N–H and O–H groups in total. The van der Waals surface area contributed by atoms with E-state index in [-0.39, 0.29) is 17.3 Å². The number of hydrogen-bond donors (Lipinski definition) is 3. The minimum Gasteiger partial charge on any atom is -0.321 e. The van der Waals surface area contributed by atoms with Gasteiger partial charge in [0.25, 0.3) is 17.5 Å². The Hall–Kier alpha value is -6.11. The average Bonchev–Trinajstić information content (AvgIpc) is 3.62. The first-order chi connectivity index (χ1) is 24.8. The molecule has 12 heteroatoms. The highest BCUT2D eigenvalue weighted by molar-refractivity contribution is 8.00. The topological polar surface area (TPSA) is 143 Å². The van der Waals surface area contributed by atoms with Crippen molar-refractivity contribution in [3.8, 4) is 11.3 Å². The minimum absolute atomic E-state index is 0.0408. The Morgan fingerprint density at radius 1 is 0.882 bits per heavy atom. The van der Waals surface area contributed by atoms with Crippen molar-refractivity contribution >= 4 is 74.2 Å². The number of thiazole rings is 1. The Bertz CT molecular complexity index is 2270. The van der Waals surface area contributed by atoms with Gasteiger partial charge in [0, 0.05) is 39.2 Å². The van der Waals surface area contributed by atoms with Crippen molar-refractivity contribution in [3.63, 3.8) is 0 Å². The highest BCUT2D eigenvalue weighted by Gasteiger charge is 2.21. The Balaban J connectivity index is 1.17. The first kappa shape index (κ1) is 34.7. The van der Waals surface area contributed by atoms with E-state index in [0.29, 0.717) is 34.1 Å². The molecular weight excluding hydrogens is 683 g/mol. The molecule has 51 heavy (non-hydrogen) atoms. The SMILES string of the molecule is CCC(Sc1cccc(NC(=O)/C(=C\c2cccc3ccccc23)NC(=O)c2ccccc2)c1)C(=O)Nc1nc(-c2cccc([N+](=O)[O-])c2)cs1. The second kappa shape index (κ2) is 16.1. The molecule has 0 saturated carbocycles. The summed E-state index contributed by atoms with van der Waals surface area (Å²) in [6, 6.07) is 35.6. The fraction of sp³-hybridized carbons (Fsp3) is 0.0769. The van der Waals surface area contributed by atoms with E-state index < -0.39 is 22.0 Å². The summed E-state index contributed by atoms with van der Waals surface area (Å²) in [5.74, 6) is -1.18. The third kappa shape index (κ3) is 8.74. The van der Waals surface area contributed by atoms with E-state index in [4.69, 9.17) is 0 Å². The molecule has 0 radical (unpaired) electrons. The summed E-state index contributed by atoms with van der Waals surface area (Å²) in [6.07, 6.45) is 2.18. The zero-order valence-corrected chi connectivity index (χ0v) is 28.9. The van der Waals surface area contributed by atoms with E-state index in [9.17, 15) is 24.5 Å². The van der Waals surface area contributed by atoms with Gasteiger partial charge >= 0.3 is 0 Å². The van der Waals surface area contributed by atoms with Gasteiger partial charge in [0.1, 0.15) is 5.70 Å². The number of carbonyl (C=O) groups is 3. The second-order valence-corrected chi connectivity index (χ2v) is 13.4. The molecule has 6 aromatic rings. The number of non-ortho nitro benzene ring substituents is 1. The van der Waals surface area contributed by atoms with Gasteiger partial charge in [-0.15, -0.1) is 23.1 Å². The highest BCUT2D eigenvalue weighted by atomic mass is 32.2. The standard InChI is InChI=1S/C39H31N5O5S2/c1-2-35(38(47)43-39-42-34(24-50-39)28-16-9-18-30(21-28)44(48)49)51-31-19-10-17-29(23-31)40-37(46)33(41-36(45)26-12-4-3-5-13-26)22-27-15-8-14-25-11-6-7-20-32(25)27/h3-24,35H,2H2,1H3,(H,40,46)(H,41,45)(H,42,43,47)/b33-22+. The molecule has 5 aromatic carbocycles. The summed E-state index contributed by atoms with van der Waals surface area (Å²) in [4.78, 5) is 56.2. The molecule has 0 aliphatic rings. The number of benzene rings is 5. The lowest BCUT2D eigenvalue weighted by Crippen LogP contribution is -2.30. The predicted octanol–water partition coefficient (Wildman–Crippen LogP) is 8.79. The summed E-state index contributed by atoms with van der Waals surface area (Å²) in [5, 5.41) is 23.3. The zero-order chi connectivity index (χ0) is 35.7. The van der Waals surface area contributed by atoms with Gasteiger partial charge in [-0.1, -0.05) is 85.8 Å². The van der Waals surface area contributed by atoms with Crippen LogP contribution in [0.25, 0.3) is 28.1 Å². The number of fused-ring (bicyclic) bond motifs is 1. The van der Waals surface area contributed by atoms with Crippen LogP contribution in [0.3, 0.4) is 0 Å². The molecule has 254 valence electrons. The normalized spacial score (nSPS) is 11.8. The van der Waals surface area contributed by atoms with Gasteiger partial charge in [0.05, 0.1) is 15.9 Å². The first-order valence-corrected chi connectivity index (χ1v) is 17.7.